The van der Waals surface area contributed by atoms with Gasteiger partial charge in [-0.05, 0) is 18.2 Å². The van der Waals surface area contributed by atoms with Gasteiger partial charge in [-0.1, -0.05) is 36.4 Å². The molecule has 0 spiro atoms. The fourth-order valence-corrected chi connectivity index (χ4v) is 2.35. The third kappa shape index (κ3) is 1.70. The van der Waals surface area contributed by atoms with Crippen LogP contribution in [0.3, 0.4) is 0 Å². The molecule has 4 heteroatoms. The molecule has 4 rings (SSSR count). The Bertz CT molecular complexity index is 858. The first kappa shape index (κ1) is 11.0. The van der Waals surface area contributed by atoms with Gasteiger partial charge in [-0.15, -0.1) is 0 Å². The lowest BCUT2D eigenvalue weighted by atomic mass is 10.1. The zero-order valence-corrected chi connectivity index (χ0v) is 10.7. The SMILES string of the molecule is c1ccc(-n2cc(-c3n[nH]c4ccccc34)cn2)cc1. The van der Waals surface area contributed by atoms with E-state index in [0.29, 0.717) is 0 Å². The summed E-state index contributed by atoms with van der Waals surface area (Å²) >= 11 is 0. The molecular formula is C16H12N4. The molecule has 0 atom stereocenters. The van der Waals surface area contributed by atoms with E-state index in [9.17, 15) is 0 Å². The summed E-state index contributed by atoms with van der Waals surface area (Å²) in [5.41, 5.74) is 4.02. The van der Waals surface area contributed by atoms with Gasteiger partial charge in [-0.25, -0.2) is 4.68 Å². The molecule has 0 aliphatic carbocycles. The average Bonchev–Trinajstić information content (AvgIpc) is 3.14. The Kier molecular flexibility index (Phi) is 2.39. The maximum atomic E-state index is 4.41. The number of rotatable bonds is 2. The summed E-state index contributed by atoms with van der Waals surface area (Å²) in [5.74, 6) is 0. The summed E-state index contributed by atoms with van der Waals surface area (Å²) in [6, 6.07) is 18.2. The Labute approximate surface area is 115 Å². The highest BCUT2D eigenvalue weighted by Crippen LogP contribution is 2.26. The number of para-hydroxylation sites is 2. The van der Waals surface area contributed by atoms with E-state index in [2.05, 4.69) is 21.4 Å². The third-order valence-corrected chi connectivity index (χ3v) is 3.35. The molecule has 1 N–H and O–H groups in total. The second-order valence-corrected chi connectivity index (χ2v) is 4.63. The highest BCUT2D eigenvalue weighted by atomic mass is 15.3. The van der Waals surface area contributed by atoms with E-state index < -0.39 is 0 Å². The van der Waals surface area contributed by atoms with Crippen molar-refractivity contribution in [3.63, 3.8) is 0 Å². The number of aromatic amines is 1. The van der Waals surface area contributed by atoms with E-state index in [1.165, 1.54) is 0 Å². The number of fused-ring (bicyclic) bond motifs is 1. The zero-order chi connectivity index (χ0) is 13.4. The van der Waals surface area contributed by atoms with E-state index >= 15 is 0 Å². The Balaban J connectivity index is 1.82. The highest BCUT2D eigenvalue weighted by molar-refractivity contribution is 5.92. The van der Waals surface area contributed by atoms with Gasteiger partial charge in [0.1, 0.15) is 5.69 Å². The average molecular weight is 260 g/mol. The van der Waals surface area contributed by atoms with Crippen molar-refractivity contribution < 1.29 is 0 Å². The van der Waals surface area contributed by atoms with Crippen LogP contribution < -0.4 is 0 Å². The Morgan fingerprint density at radius 2 is 1.70 bits per heavy atom. The molecule has 20 heavy (non-hydrogen) atoms. The number of hydrogen-bond acceptors (Lipinski definition) is 2. The molecule has 2 aromatic heterocycles. The summed E-state index contributed by atoms with van der Waals surface area (Å²) in [6.07, 6.45) is 3.84. The molecule has 0 bridgehead atoms. The molecule has 0 saturated carbocycles. The first-order valence-electron chi connectivity index (χ1n) is 6.45. The molecule has 0 amide bonds. The number of benzene rings is 2. The number of aromatic nitrogens is 4. The van der Waals surface area contributed by atoms with Crippen molar-refractivity contribution in [3.8, 4) is 16.9 Å². The van der Waals surface area contributed by atoms with Crippen molar-refractivity contribution in [3.05, 3.63) is 67.0 Å². The molecule has 0 saturated heterocycles. The van der Waals surface area contributed by atoms with Crippen LogP contribution in [0.4, 0.5) is 0 Å². The molecule has 0 fully saturated rings. The van der Waals surface area contributed by atoms with Crippen LogP contribution in [0.1, 0.15) is 0 Å². The van der Waals surface area contributed by atoms with Gasteiger partial charge >= 0.3 is 0 Å². The van der Waals surface area contributed by atoms with Crippen molar-refractivity contribution in [2.75, 3.05) is 0 Å². The van der Waals surface area contributed by atoms with Crippen LogP contribution in [0.2, 0.25) is 0 Å². The second kappa shape index (κ2) is 4.35. The quantitative estimate of drug-likeness (QED) is 0.600. The first-order chi connectivity index (χ1) is 9.92. The summed E-state index contributed by atoms with van der Waals surface area (Å²) < 4.78 is 1.86. The lowest BCUT2D eigenvalue weighted by Crippen LogP contribution is -1.92. The van der Waals surface area contributed by atoms with Gasteiger partial charge in [0.2, 0.25) is 0 Å². The summed E-state index contributed by atoms with van der Waals surface area (Å²) in [6.45, 7) is 0. The topological polar surface area (TPSA) is 46.5 Å². The van der Waals surface area contributed by atoms with Gasteiger partial charge in [-0.2, -0.15) is 10.2 Å². The number of nitrogens with zero attached hydrogens (tertiary/aromatic N) is 3. The third-order valence-electron chi connectivity index (χ3n) is 3.35. The van der Waals surface area contributed by atoms with E-state index in [4.69, 9.17) is 0 Å². The van der Waals surface area contributed by atoms with Crippen LogP contribution >= 0.6 is 0 Å². The van der Waals surface area contributed by atoms with Gasteiger partial charge < -0.3 is 0 Å². The zero-order valence-electron chi connectivity index (χ0n) is 10.7. The molecule has 0 aliphatic rings. The maximum Gasteiger partial charge on any atom is 0.103 e. The van der Waals surface area contributed by atoms with E-state index in [0.717, 1.165) is 27.8 Å². The smallest absolute Gasteiger partial charge is 0.103 e. The van der Waals surface area contributed by atoms with Crippen LogP contribution in [-0.2, 0) is 0 Å². The highest BCUT2D eigenvalue weighted by Gasteiger charge is 2.10. The summed E-state index contributed by atoms with van der Waals surface area (Å²) in [5, 5.41) is 13.0. The Morgan fingerprint density at radius 1 is 0.900 bits per heavy atom. The van der Waals surface area contributed by atoms with Gasteiger partial charge in [0.05, 0.1) is 17.4 Å². The first-order valence-corrected chi connectivity index (χ1v) is 6.45. The van der Waals surface area contributed by atoms with E-state index in [1.54, 1.807) is 0 Å². The second-order valence-electron chi connectivity index (χ2n) is 4.63. The van der Waals surface area contributed by atoms with Crippen LogP contribution in [-0.4, -0.2) is 20.0 Å². The molecule has 2 aromatic carbocycles. The lowest BCUT2D eigenvalue weighted by molar-refractivity contribution is 0.880. The molecule has 0 aliphatic heterocycles. The Morgan fingerprint density at radius 3 is 2.60 bits per heavy atom. The minimum Gasteiger partial charge on any atom is -0.277 e. The molecular weight excluding hydrogens is 248 g/mol. The minimum absolute atomic E-state index is 0.933. The van der Waals surface area contributed by atoms with Gasteiger partial charge in [0.15, 0.2) is 0 Å². The van der Waals surface area contributed by atoms with Crippen molar-refractivity contribution >= 4 is 10.9 Å². The lowest BCUT2D eigenvalue weighted by Gasteiger charge is -1.98. The van der Waals surface area contributed by atoms with Crippen LogP contribution in [0.5, 0.6) is 0 Å². The monoisotopic (exact) mass is 260 g/mol. The van der Waals surface area contributed by atoms with Crippen molar-refractivity contribution in [1.82, 2.24) is 20.0 Å². The predicted molar refractivity (Wildman–Crippen MR) is 78.7 cm³/mol. The van der Waals surface area contributed by atoms with Crippen molar-refractivity contribution in [2.24, 2.45) is 0 Å². The number of nitrogens with one attached hydrogen (secondary N) is 1. The van der Waals surface area contributed by atoms with Crippen LogP contribution in [0.25, 0.3) is 27.8 Å². The predicted octanol–water partition coefficient (Wildman–Crippen LogP) is 3.42. The van der Waals surface area contributed by atoms with Gasteiger partial charge in [-0.3, -0.25) is 5.10 Å². The molecule has 96 valence electrons. The fourth-order valence-electron chi connectivity index (χ4n) is 2.35. The Hall–Kier alpha value is -2.88. The molecule has 4 nitrogen and oxygen atoms in total. The minimum atomic E-state index is 0.933. The molecule has 2 heterocycles. The summed E-state index contributed by atoms with van der Waals surface area (Å²) in [7, 11) is 0. The molecule has 4 aromatic rings. The largest absolute Gasteiger partial charge is 0.277 e. The van der Waals surface area contributed by atoms with Gasteiger partial charge in [0.25, 0.3) is 0 Å². The van der Waals surface area contributed by atoms with Crippen LogP contribution in [0.15, 0.2) is 67.0 Å². The molecule has 0 unspecified atom stereocenters. The number of hydrogen-bond donors (Lipinski definition) is 1. The summed E-state index contributed by atoms with van der Waals surface area (Å²) in [4.78, 5) is 0. The van der Waals surface area contributed by atoms with Crippen molar-refractivity contribution in [2.45, 2.75) is 0 Å². The van der Waals surface area contributed by atoms with E-state index in [-0.39, 0.29) is 0 Å². The molecule has 0 radical (unpaired) electrons. The normalized spacial score (nSPS) is 11.0. The van der Waals surface area contributed by atoms with Gasteiger partial charge in [0, 0.05) is 17.1 Å². The standard InChI is InChI=1S/C16H12N4/c1-2-6-13(7-3-1)20-11-12(10-17-20)16-14-8-4-5-9-15(14)18-19-16/h1-11H,(H,18,19). The van der Waals surface area contributed by atoms with E-state index in [1.807, 2.05) is 65.6 Å². The maximum absolute atomic E-state index is 4.41. The van der Waals surface area contributed by atoms with Crippen molar-refractivity contribution in [1.29, 1.82) is 0 Å². The van der Waals surface area contributed by atoms with Crippen LogP contribution in [0, 0.1) is 0 Å². The fraction of sp³-hybridized carbons (Fsp3) is 0. The number of H-pyrrole nitrogens is 1.